The third kappa shape index (κ3) is 2.93. The lowest BCUT2D eigenvalue weighted by Gasteiger charge is -2.15. The van der Waals surface area contributed by atoms with E-state index in [0.29, 0.717) is 5.92 Å². The number of aryl methyl sites for hydroxylation is 2. The standard InChI is InChI=1S/C25H28NO/c1-6-18(7-2)19-8-9-22-21(14-19)13-17(4)26(5)25(22)23-15-24-20(10-11-27-24)12-16(23)3/h8-15,18H,6-7H2,1-5H3/q+1. The number of aromatic nitrogens is 1. The second-order valence-electron chi connectivity index (χ2n) is 7.68. The van der Waals surface area contributed by atoms with Crippen LogP contribution in [0.2, 0.25) is 0 Å². The third-order valence-electron chi connectivity index (χ3n) is 6.07. The average molecular weight is 359 g/mol. The zero-order valence-corrected chi connectivity index (χ0v) is 17.0. The molecule has 0 bridgehead atoms. The van der Waals surface area contributed by atoms with Gasteiger partial charge in [-0.2, -0.15) is 4.57 Å². The molecule has 0 saturated carbocycles. The van der Waals surface area contributed by atoms with Gasteiger partial charge in [0.2, 0.25) is 5.69 Å². The Morgan fingerprint density at radius 2 is 1.70 bits per heavy atom. The van der Waals surface area contributed by atoms with Crippen molar-refractivity contribution in [2.24, 2.45) is 7.05 Å². The maximum atomic E-state index is 5.69. The molecule has 0 fully saturated rings. The van der Waals surface area contributed by atoms with Crippen LogP contribution in [0.3, 0.4) is 0 Å². The quantitative estimate of drug-likeness (QED) is 0.376. The van der Waals surface area contributed by atoms with Crippen molar-refractivity contribution in [3.63, 3.8) is 0 Å². The molecule has 0 atom stereocenters. The number of pyridine rings is 1. The second kappa shape index (κ2) is 6.84. The van der Waals surface area contributed by atoms with Gasteiger partial charge >= 0.3 is 0 Å². The van der Waals surface area contributed by atoms with Crippen molar-refractivity contribution >= 4 is 21.7 Å². The zero-order chi connectivity index (χ0) is 19.1. The molecule has 0 aliphatic carbocycles. The summed E-state index contributed by atoms with van der Waals surface area (Å²) in [6.45, 7) is 8.94. The van der Waals surface area contributed by atoms with Crippen LogP contribution >= 0.6 is 0 Å². The normalized spacial score (nSPS) is 11.8. The maximum Gasteiger partial charge on any atom is 0.220 e. The summed E-state index contributed by atoms with van der Waals surface area (Å²) < 4.78 is 7.99. The van der Waals surface area contributed by atoms with Crippen LogP contribution in [0.5, 0.6) is 0 Å². The summed E-state index contributed by atoms with van der Waals surface area (Å²) in [4.78, 5) is 0. The Balaban J connectivity index is 2.01. The van der Waals surface area contributed by atoms with Gasteiger partial charge in [0.05, 0.1) is 17.2 Å². The highest BCUT2D eigenvalue weighted by Crippen LogP contribution is 2.34. The summed E-state index contributed by atoms with van der Waals surface area (Å²) in [5, 5.41) is 3.78. The molecule has 2 heterocycles. The van der Waals surface area contributed by atoms with Gasteiger partial charge in [-0.05, 0) is 66.5 Å². The molecule has 4 aromatic rings. The van der Waals surface area contributed by atoms with Crippen molar-refractivity contribution in [2.75, 3.05) is 0 Å². The smallest absolute Gasteiger partial charge is 0.220 e. The molecule has 0 saturated heterocycles. The molecule has 0 amide bonds. The predicted molar refractivity (Wildman–Crippen MR) is 113 cm³/mol. The largest absolute Gasteiger partial charge is 0.464 e. The fourth-order valence-electron chi connectivity index (χ4n) is 4.31. The van der Waals surface area contributed by atoms with Gasteiger partial charge in [0.25, 0.3) is 0 Å². The van der Waals surface area contributed by atoms with Crippen molar-refractivity contribution in [3.05, 3.63) is 65.5 Å². The monoisotopic (exact) mass is 358 g/mol. The number of hydrogen-bond donors (Lipinski definition) is 0. The highest BCUT2D eigenvalue weighted by atomic mass is 16.3. The Kier molecular flexibility index (Phi) is 4.51. The molecule has 0 aliphatic heterocycles. The molecule has 2 heteroatoms. The van der Waals surface area contributed by atoms with Crippen LogP contribution in [0.25, 0.3) is 33.0 Å². The van der Waals surface area contributed by atoms with Crippen LogP contribution in [0.1, 0.15) is 49.4 Å². The first-order valence-electron chi connectivity index (χ1n) is 9.95. The van der Waals surface area contributed by atoms with Gasteiger partial charge in [-0.3, -0.25) is 0 Å². The average Bonchev–Trinajstić information content (AvgIpc) is 3.10. The van der Waals surface area contributed by atoms with Gasteiger partial charge < -0.3 is 4.42 Å². The lowest BCUT2D eigenvalue weighted by Crippen LogP contribution is -2.35. The zero-order valence-electron chi connectivity index (χ0n) is 17.0. The number of nitrogens with zero attached hydrogens (tertiary/aromatic N) is 1. The molecule has 0 radical (unpaired) electrons. The molecule has 0 unspecified atom stereocenters. The van der Waals surface area contributed by atoms with Crippen molar-refractivity contribution in [1.82, 2.24) is 0 Å². The lowest BCUT2D eigenvalue weighted by molar-refractivity contribution is -0.665. The van der Waals surface area contributed by atoms with Crippen LogP contribution in [-0.2, 0) is 7.05 Å². The van der Waals surface area contributed by atoms with E-state index in [4.69, 9.17) is 4.42 Å². The van der Waals surface area contributed by atoms with Crippen LogP contribution < -0.4 is 4.57 Å². The summed E-state index contributed by atoms with van der Waals surface area (Å²) in [5.74, 6) is 0.633. The van der Waals surface area contributed by atoms with Gasteiger partial charge in [-0.15, -0.1) is 0 Å². The number of furan rings is 1. The molecule has 4 rings (SSSR count). The molecular weight excluding hydrogens is 330 g/mol. The highest BCUT2D eigenvalue weighted by molar-refractivity contribution is 5.96. The fraction of sp³-hybridized carbons (Fsp3) is 0.320. The van der Waals surface area contributed by atoms with Crippen molar-refractivity contribution in [1.29, 1.82) is 0 Å². The van der Waals surface area contributed by atoms with Gasteiger partial charge in [0.15, 0.2) is 5.69 Å². The highest BCUT2D eigenvalue weighted by Gasteiger charge is 2.21. The number of rotatable bonds is 4. The summed E-state index contributed by atoms with van der Waals surface area (Å²) >= 11 is 0. The minimum atomic E-state index is 0.633. The molecule has 2 aromatic heterocycles. The van der Waals surface area contributed by atoms with Gasteiger partial charge in [0, 0.05) is 18.4 Å². The lowest BCUT2D eigenvalue weighted by atomic mass is 9.90. The van der Waals surface area contributed by atoms with Crippen molar-refractivity contribution < 1.29 is 8.98 Å². The van der Waals surface area contributed by atoms with E-state index in [9.17, 15) is 0 Å². The molecule has 2 aromatic carbocycles. The Bertz CT molecular complexity index is 1130. The predicted octanol–water partition coefficient (Wildman–Crippen LogP) is 6.60. The number of benzene rings is 2. The first kappa shape index (κ1) is 17.8. The van der Waals surface area contributed by atoms with Gasteiger partial charge in [0.1, 0.15) is 12.6 Å². The van der Waals surface area contributed by atoms with E-state index in [-0.39, 0.29) is 0 Å². The van der Waals surface area contributed by atoms with Crippen LogP contribution in [0.4, 0.5) is 0 Å². The third-order valence-corrected chi connectivity index (χ3v) is 6.07. The Morgan fingerprint density at radius 3 is 2.44 bits per heavy atom. The van der Waals surface area contributed by atoms with Crippen LogP contribution in [0, 0.1) is 13.8 Å². The van der Waals surface area contributed by atoms with Crippen LogP contribution in [0.15, 0.2) is 53.1 Å². The Hall–Kier alpha value is -2.61. The summed E-state index contributed by atoms with van der Waals surface area (Å²) in [5.41, 5.74) is 7.43. The molecule has 0 aliphatic rings. The molecule has 0 N–H and O–H groups in total. The molecule has 27 heavy (non-hydrogen) atoms. The van der Waals surface area contributed by atoms with E-state index < -0.39 is 0 Å². The van der Waals surface area contributed by atoms with E-state index in [2.05, 4.69) is 75.7 Å². The second-order valence-corrected chi connectivity index (χ2v) is 7.68. The van der Waals surface area contributed by atoms with Crippen molar-refractivity contribution in [2.45, 2.75) is 46.5 Å². The minimum Gasteiger partial charge on any atom is -0.464 e. The van der Waals surface area contributed by atoms with E-state index in [1.165, 1.54) is 51.7 Å². The van der Waals surface area contributed by atoms with E-state index in [1.807, 2.05) is 6.07 Å². The Morgan fingerprint density at radius 1 is 0.926 bits per heavy atom. The number of fused-ring (bicyclic) bond motifs is 2. The molecular formula is C25H28NO+. The number of hydrogen-bond acceptors (Lipinski definition) is 1. The molecule has 0 spiro atoms. The molecule has 2 nitrogen and oxygen atoms in total. The van der Waals surface area contributed by atoms with E-state index in [1.54, 1.807) is 6.26 Å². The maximum absolute atomic E-state index is 5.69. The summed E-state index contributed by atoms with van der Waals surface area (Å²) in [6.07, 6.45) is 4.13. The first-order valence-corrected chi connectivity index (χ1v) is 9.95. The van der Waals surface area contributed by atoms with Gasteiger partial charge in [-0.1, -0.05) is 26.0 Å². The fourth-order valence-corrected chi connectivity index (χ4v) is 4.31. The Labute approximate surface area is 161 Å². The van der Waals surface area contributed by atoms with Gasteiger partial charge in [-0.25, -0.2) is 0 Å². The first-order chi connectivity index (χ1) is 13.0. The topological polar surface area (TPSA) is 17.0 Å². The SMILES string of the molecule is CCC(CC)c1ccc2c(-c3cc4occc4cc3C)[n+](C)c(C)cc2c1. The summed E-state index contributed by atoms with van der Waals surface area (Å²) in [6, 6.07) is 15.8. The van der Waals surface area contributed by atoms with E-state index >= 15 is 0 Å². The van der Waals surface area contributed by atoms with E-state index in [0.717, 1.165) is 11.0 Å². The van der Waals surface area contributed by atoms with Crippen LogP contribution in [-0.4, -0.2) is 0 Å². The summed E-state index contributed by atoms with van der Waals surface area (Å²) in [7, 11) is 2.16. The van der Waals surface area contributed by atoms with Crippen molar-refractivity contribution in [3.8, 4) is 11.3 Å². The minimum absolute atomic E-state index is 0.633. The molecule has 138 valence electrons.